The number of benzene rings is 2. The number of aryl methyl sites for hydroxylation is 1. The van der Waals surface area contributed by atoms with Crippen molar-refractivity contribution >= 4 is 28.8 Å². The van der Waals surface area contributed by atoms with Crippen LogP contribution in [0.15, 0.2) is 42.6 Å². The molecule has 2 N–H and O–H groups in total. The number of nitrogens with one attached hydrogen (secondary N) is 2. The Kier molecular flexibility index (Phi) is 5.54. The van der Waals surface area contributed by atoms with Gasteiger partial charge in [-0.3, -0.25) is 9.59 Å². The first kappa shape index (κ1) is 21.1. The molecule has 7 heteroatoms. The van der Waals surface area contributed by atoms with Crippen LogP contribution in [0.3, 0.4) is 0 Å². The number of rotatable bonds is 5. The van der Waals surface area contributed by atoms with E-state index in [0.29, 0.717) is 11.5 Å². The van der Waals surface area contributed by atoms with Gasteiger partial charge < -0.3 is 24.7 Å². The summed E-state index contributed by atoms with van der Waals surface area (Å²) in [6.07, 6.45) is 6.60. The zero-order valence-corrected chi connectivity index (χ0v) is 18.8. The number of fused-ring (bicyclic) bond motifs is 4. The smallest absolute Gasteiger partial charge is 0.240 e. The van der Waals surface area contributed by atoms with Gasteiger partial charge in [0.05, 0.1) is 26.7 Å². The molecule has 1 aliphatic heterocycles. The fraction of sp³-hybridized carbons (Fsp3) is 0.308. The third-order valence-corrected chi connectivity index (χ3v) is 6.51. The Hall–Kier alpha value is -3.74. The molecule has 2 amide bonds. The molecule has 2 heterocycles. The molecular formula is C26H27N3O4. The number of aromatic nitrogens is 1. The van der Waals surface area contributed by atoms with Gasteiger partial charge in [-0.25, -0.2) is 0 Å². The topological polar surface area (TPSA) is 83.7 Å². The minimum Gasteiger partial charge on any atom is -0.493 e. The van der Waals surface area contributed by atoms with E-state index in [0.717, 1.165) is 41.6 Å². The molecule has 0 fully saturated rings. The van der Waals surface area contributed by atoms with Crippen molar-refractivity contribution in [1.82, 2.24) is 15.2 Å². The van der Waals surface area contributed by atoms with Gasteiger partial charge >= 0.3 is 0 Å². The molecular weight excluding hydrogens is 418 g/mol. The van der Waals surface area contributed by atoms with E-state index in [2.05, 4.69) is 22.4 Å². The van der Waals surface area contributed by atoms with Crippen LogP contribution < -0.4 is 14.8 Å². The molecule has 7 nitrogen and oxygen atoms in total. The van der Waals surface area contributed by atoms with Crippen molar-refractivity contribution in [1.29, 1.82) is 0 Å². The summed E-state index contributed by atoms with van der Waals surface area (Å²) in [6.45, 7) is -0.0242. The van der Waals surface area contributed by atoms with Crippen LogP contribution in [0.25, 0.3) is 17.0 Å². The number of para-hydroxylation sites is 1. The molecule has 1 aromatic heterocycles. The molecule has 1 atom stereocenters. The van der Waals surface area contributed by atoms with Crippen molar-refractivity contribution in [2.75, 3.05) is 20.8 Å². The summed E-state index contributed by atoms with van der Waals surface area (Å²) in [7, 11) is 3.15. The first-order chi connectivity index (χ1) is 16.1. The van der Waals surface area contributed by atoms with Crippen molar-refractivity contribution in [3.63, 3.8) is 0 Å². The minimum absolute atomic E-state index is 0.0242. The van der Waals surface area contributed by atoms with E-state index < -0.39 is 0 Å². The quantitative estimate of drug-likeness (QED) is 0.627. The van der Waals surface area contributed by atoms with E-state index in [4.69, 9.17) is 9.47 Å². The molecule has 3 aromatic rings. The lowest BCUT2D eigenvalue weighted by Gasteiger charge is -2.25. The number of aromatic amines is 1. The minimum atomic E-state index is -0.175. The van der Waals surface area contributed by atoms with Gasteiger partial charge in [-0.05, 0) is 60.2 Å². The van der Waals surface area contributed by atoms with E-state index in [1.54, 1.807) is 20.4 Å². The van der Waals surface area contributed by atoms with Gasteiger partial charge in [0.15, 0.2) is 11.5 Å². The Bertz CT molecular complexity index is 1260. The van der Waals surface area contributed by atoms with Crippen molar-refractivity contribution < 1.29 is 19.1 Å². The van der Waals surface area contributed by atoms with Gasteiger partial charge in [0, 0.05) is 22.8 Å². The van der Waals surface area contributed by atoms with E-state index >= 15 is 0 Å². The lowest BCUT2D eigenvalue weighted by atomic mass is 9.91. The van der Waals surface area contributed by atoms with Gasteiger partial charge in [-0.15, -0.1) is 0 Å². The Labute approximate surface area is 192 Å². The zero-order valence-electron chi connectivity index (χ0n) is 18.8. The van der Waals surface area contributed by atoms with Gasteiger partial charge in [0.2, 0.25) is 11.8 Å². The highest BCUT2D eigenvalue weighted by molar-refractivity contribution is 5.90. The average Bonchev–Trinajstić information content (AvgIpc) is 3.14. The maximum Gasteiger partial charge on any atom is 0.240 e. The second kappa shape index (κ2) is 8.65. The van der Waals surface area contributed by atoms with Crippen LogP contribution >= 0.6 is 0 Å². The lowest BCUT2D eigenvalue weighted by molar-refractivity contribution is -0.133. The second-order valence-corrected chi connectivity index (χ2v) is 8.50. The number of hydrogen-bond acceptors (Lipinski definition) is 4. The molecule has 33 heavy (non-hydrogen) atoms. The fourth-order valence-corrected chi connectivity index (χ4v) is 4.86. The van der Waals surface area contributed by atoms with Crippen LogP contribution in [0.1, 0.15) is 41.3 Å². The molecule has 0 unspecified atom stereocenters. The van der Waals surface area contributed by atoms with Gasteiger partial charge in [-0.1, -0.05) is 18.2 Å². The number of hydrogen-bond donors (Lipinski definition) is 2. The van der Waals surface area contributed by atoms with E-state index in [9.17, 15) is 9.59 Å². The normalized spacial score (nSPS) is 17.3. The molecule has 0 spiro atoms. The molecule has 5 rings (SSSR count). The third kappa shape index (κ3) is 3.95. The molecule has 0 bridgehead atoms. The number of H-pyrrole nitrogens is 1. The molecule has 1 aliphatic carbocycles. The zero-order chi connectivity index (χ0) is 22.9. The Morgan fingerprint density at radius 3 is 2.79 bits per heavy atom. The molecule has 0 radical (unpaired) electrons. The van der Waals surface area contributed by atoms with Crippen molar-refractivity contribution in [2.45, 2.75) is 31.7 Å². The first-order valence-electron chi connectivity index (χ1n) is 11.2. The summed E-state index contributed by atoms with van der Waals surface area (Å²) < 4.78 is 10.7. The largest absolute Gasteiger partial charge is 0.493 e. The lowest BCUT2D eigenvalue weighted by Crippen LogP contribution is -2.40. The Morgan fingerprint density at radius 2 is 1.97 bits per heavy atom. The number of nitrogens with zero attached hydrogens (tertiary/aromatic N) is 1. The number of methoxy groups -OCH3 is 2. The molecule has 0 saturated carbocycles. The van der Waals surface area contributed by atoms with Crippen molar-refractivity contribution in [3.8, 4) is 11.5 Å². The van der Waals surface area contributed by atoms with Gasteiger partial charge in [0.1, 0.15) is 6.54 Å². The number of carbonyl (C=O) groups excluding carboxylic acids is 2. The average molecular weight is 446 g/mol. The maximum atomic E-state index is 12.9. The van der Waals surface area contributed by atoms with Crippen LogP contribution in [-0.4, -0.2) is 42.5 Å². The predicted octanol–water partition coefficient (Wildman–Crippen LogP) is 3.73. The summed E-state index contributed by atoms with van der Waals surface area (Å²) in [5.74, 6) is 0.869. The van der Waals surface area contributed by atoms with Crippen LogP contribution in [0.5, 0.6) is 11.5 Å². The number of amides is 2. The first-order valence-corrected chi connectivity index (χ1v) is 11.2. The molecule has 2 aromatic carbocycles. The van der Waals surface area contributed by atoms with E-state index in [1.807, 2.05) is 30.3 Å². The summed E-state index contributed by atoms with van der Waals surface area (Å²) in [5.41, 5.74) is 5.18. The summed E-state index contributed by atoms with van der Waals surface area (Å²) in [4.78, 5) is 30.8. The molecule has 170 valence electrons. The Morgan fingerprint density at radius 1 is 1.18 bits per heavy atom. The van der Waals surface area contributed by atoms with Crippen molar-refractivity contribution in [3.05, 3.63) is 65.0 Å². The highest BCUT2D eigenvalue weighted by atomic mass is 16.5. The predicted molar refractivity (Wildman–Crippen MR) is 126 cm³/mol. The standard InChI is InChI=1S/C26H27N3O4/c1-32-22-12-16-10-11-29(25(31)14-17(16)13-23(22)33-2)15-24(30)27-21-9-5-7-19-18-6-3-4-8-20(18)28-26(19)21/h3-4,6,8,10-13,21,28H,5,7,9,14-15H2,1-2H3,(H,27,30)/t21-/m1/s1. The van der Waals surface area contributed by atoms with Crippen LogP contribution in [0.4, 0.5) is 0 Å². The number of ether oxygens (including phenoxy) is 2. The summed E-state index contributed by atoms with van der Waals surface area (Å²) in [6, 6.07) is 11.8. The molecule has 0 saturated heterocycles. The van der Waals surface area contributed by atoms with Crippen LogP contribution in [0, 0.1) is 0 Å². The maximum absolute atomic E-state index is 12.9. The van der Waals surface area contributed by atoms with Crippen LogP contribution in [0.2, 0.25) is 0 Å². The monoisotopic (exact) mass is 445 g/mol. The molecule has 2 aliphatic rings. The SMILES string of the molecule is COc1cc2c(cc1OC)CC(=O)N(CC(=O)N[C@@H]1CCCc3c1[nH]c1ccccc31)C=C2. The Balaban J connectivity index is 1.31. The van der Waals surface area contributed by atoms with Crippen molar-refractivity contribution in [2.24, 2.45) is 0 Å². The third-order valence-electron chi connectivity index (χ3n) is 6.51. The summed E-state index contributed by atoms with van der Waals surface area (Å²) >= 11 is 0. The number of carbonyl (C=O) groups is 2. The summed E-state index contributed by atoms with van der Waals surface area (Å²) in [5, 5.41) is 4.37. The highest BCUT2D eigenvalue weighted by Crippen LogP contribution is 2.35. The highest BCUT2D eigenvalue weighted by Gasteiger charge is 2.27. The van der Waals surface area contributed by atoms with Gasteiger partial charge in [-0.2, -0.15) is 0 Å². The second-order valence-electron chi connectivity index (χ2n) is 8.50. The van der Waals surface area contributed by atoms with Gasteiger partial charge in [0.25, 0.3) is 0 Å². The van der Waals surface area contributed by atoms with E-state index in [-0.39, 0.29) is 30.8 Å². The van der Waals surface area contributed by atoms with E-state index in [1.165, 1.54) is 15.8 Å². The van der Waals surface area contributed by atoms with Crippen LogP contribution in [-0.2, 0) is 22.4 Å². The fourth-order valence-electron chi connectivity index (χ4n) is 4.86.